The Kier molecular flexibility index (Phi) is 4.39. The molecule has 3 aromatic heterocycles. The molecule has 140 valence electrons. The number of H-pyrrole nitrogens is 1. The monoisotopic (exact) mass is 366 g/mol. The predicted octanol–water partition coefficient (Wildman–Crippen LogP) is 1.40. The highest BCUT2D eigenvalue weighted by Crippen LogP contribution is 2.23. The summed E-state index contributed by atoms with van der Waals surface area (Å²) in [6.07, 6.45) is 10.2. The van der Waals surface area contributed by atoms with Crippen LogP contribution < -0.4 is 10.5 Å². The number of piperidine rings is 1. The Hall–Kier alpha value is -3.16. The number of nitrogens with one attached hydrogen (secondary N) is 1. The second-order valence-corrected chi connectivity index (χ2v) is 6.92. The SMILES string of the molecule is CN(C(=O)c1cn(C)c(=O)c2[nH]ccc12)C1CCN(c2cnccn2)CC1. The number of carbonyl (C=O) groups excluding carboxylic acids is 1. The van der Waals surface area contributed by atoms with E-state index in [-0.39, 0.29) is 17.5 Å². The molecule has 0 unspecified atom stereocenters. The first-order valence-electron chi connectivity index (χ1n) is 9.01. The van der Waals surface area contributed by atoms with E-state index in [1.165, 1.54) is 4.57 Å². The zero-order chi connectivity index (χ0) is 19.0. The van der Waals surface area contributed by atoms with E-state index in [1.807, 2.05) is 7.05 Å². The molecule has 0 aliphatic carbocycles. The molecule has 0 aromatic carbocycles. The molecule has 8 nitrogen and oxygen atoms in total. The van der Waals surface area contributed by atoms with Crippen LogP contribution in [0.4, 0.5) is 5.82 Å². The number of anilines is 1. The Morgan fingerprint density at radius 2 is 2.07 bits per heavy atom. The molecule has 0 bridgehead atoms. The molecule has 4 rings (SSSR count). The minimum Gasteiger partial charge on any atom is -0.357 e. The van der Waals surface area contributed by atoms with Gasteiger partial charge in [0.2, 0.25) is 0 Å². The van der Waals surface area contributed by atoms with Crippen LogP contribution in [0.2, 0.25) is 0 Å². The molecule has 0 atom stereocenters. The second-order valence-electron chi connectivity index (χ2n) is 6.92. The molecule has 27 heavy (non-hydrogen) atoms. The molecule has 1 aliphatic rings. The van der Waals surface area contributed by atoms with E-state index in [1.54, 1.807) is 49.0 Å². The molecular weight excluding hydrogens is 344 g/mol. The third-order valence-electron chi connectivity index (χ3n) is 5.33. The van der Waals surface area contributed by atoms with Crippen LogP contribution in [0.3, 0.4) is 0 Å². The molecule has 1 fully saturated rings. The summed E-state index contributed by atoms with van der Waals surface area (Å²) in [6, 6.07) is 1.94. The number of aromatic amines is 1. The molecule has 1 saturated heterocycles. The largest absolute Gasteiger partial charge is 0.357 e. The van der Waals surface area contributed by atoms with Crippen LogP contribution >= 0.6 is 0 Å². The molecule has 1 N–H and O–H groups in total. The maximum atomic E-state index is 13.1. The number of rotatable bonds is 3. The molecule has 1 aliphatic heterocycles. The average Bonchev–Trinajstić information content (AvgIpc) is 3.20. The molecule has 0 radical (unpaired) electrons. The number of carbonyl (C=O) groups is 1. The average molecular weight is 366 g/mol. The van der Waals surface area contributed by atoms with Gasteiger partial charge < -0.3 is 19.4 Å². The highest BCUT2D eigenvalue weighted by molar-refractivity contribution is 6.05. The Morgan fingerprint density at radius 1 is 1.30 bits per heavy atom. The summed E-state index contributed by atoms with van der Waals surface area (Å²) in [5.41, 5.74) is 0.882. The van der Waals surface area contributed by atoms with Gasteiger partial charge in [0.15, 0.2) is 0 Å². The van der Waals surface area contributed by atoms with Crippen LogP contribution in [0.1, 0.15) is 23.2 Å². The standard InChI is InChI=1S/C19H22N6O2/c1-23-12-15(14-3-6-22-17(14)19(23)27)18(26)24(2)13-4-9-25(10-5-13)16-11-20-7-8-21-16/h3,6-8,11-13,22H,4-5,9-10H2,1-2H3. The van der Waals surface area contributed by atoms with Gasteiger partial charge in [0.1, 0.15) is 11.3 Å². The van der Waals surface area contributed by atoms with E-state index in [2.05, 4.69) is 19.9 Å². The molecule has 4 heterocycles. The molecule has 0 saturated carbocycles. The molecule has 3 aromatic rings. The summed E-state index contributed by atoms with van der Waals surface area (Å²) in [7, 11) is 3.51. The van der Waals surface area contributed by atoms with Gasteiger partial charge in [0, 0.05) is 63.4 Å². The van der Waals surface area contributed by atoms with Crippen molar-refractivity contribution in [2.45, 2.75) is 18.9 Å². The summed E-state index contributed by atoms with van der Waals surface area (Å²) in [4.78, 5) is 40.7. The van der Waals surface area contributed by atoms with Gasteiger partial charge in [0.25, 0.3) is 11.5 Å². The maximum absolute atomic E-state index is 13.1. The summed E-state index contributed by atoms with van der Waals surface area (Å²) in [6.45, 7) is 1.65. The van der Waals surface area contributed by atoms with Crippen molar-refractivity contribution >= 4 is 22.6 Å². The van der Waals surface area contributed by atoms with Crippen LogP contribution in [-0.2, 0) is 7.05 Å². The third-order valence-corrected chi connectivity index (χ3v) is 5.33. The van der Waals surface area contributed by atoms with Gasteiger partial charge in [-0.25, -0.2) is 4.98 Å². The van der Waals surface area contributed by atoms with Crippen LogP contribution in [0.5, 0.6) is 0 Å². The van der Waals surface area contributed by atoms with Crippen molar-refractivity contribution in [3.8, 4) is 0 Å². The Labute approximate surface area is 156 Å². The molecular formula is C19H22N6O2. The molecule has 8 heteroatoms. The van der Waals surface area contributed by atoms with E-state index >= 15 is 0 Å². The van der Waals surface area contributed by atoms with Gasteiger partial charge in [-0.3, -0.25) is 14.6 Å². The normalized spacial score (nSPS) is 15.3. The predicted molar refractivity (Wildman–Crippen MR) is 103 cm³/mol. The maximum Gasteiger partial charge on any atom is 0.274 e. The summed E-state index contributed by atoms with van der Waals surface area (Å²) in [5, 5.41) is 0.673. The van der Waals surface area contributed by atoms with Crippen LogP contribution in [0.15, 0.2) is 41.8 Å². The van der Waals surface area contributed by atoms with Gasteiger partial charge in [-0.2, -0.15) is 0 Å². The van der Waals surface area contributed by atoms with E-state index in [4.69, 9.17) is 0 Å². The van der Waals surface area contributed by atoms with E-state index < -0.39 is 0 Å². The fraction of sp³-hybridized carbons (Fsp3) is 0.368. The summed E-state index contributed by atoms with van der Waals surface area (Å²) < 4.78 is 1.45. The number of hydrogen-bond donors (Lipinski definition) is 1. The first-order chi connectivity index (χ1) is 13.1. The Morgan fingerprint density at radius 3 is 2.78 bits per heavy atom. The van der Waals surface area contributed by atoms with Crippen molar-refractivity contribution < 1.29 is 4.79 Å². The van der Waals surface area contributed by atoms with E-state index in [0.717, 1.165) is 31.7 Å². The topological polar surface area (TPSA) is 87.1 Å². The van der Waals surface area contributed by atoms with Crippen molar-refractivity contribution in [1.82, 2.24) is 24.4 Å². The minimum absolute atomic E-state index is 0.0619. The quantitative estimate of drug-likeness (QED) is 0.757. The number of hydrogen-bond acceptors (Lipinski definition) is 5. The number of aryl methyl sites for hydroxylation is 1. The number of amides is 1. The van der Waals surface area contributed by atoms with Gasteiger partial charge in [-0.05, 0) is 18.9 Å². The van der Waals surface area contributed by atoms with Crippen LogP contribution in [-0.4, -0.2) is 56.5 Å². The highest BCUT2D eigenvalue weighted by Gasteiger charge is 2.28. The van der Waals surface area contributed by atoms with Crippen molar-refractivity contribution in [2.24, 2.45) is 7.05 Å². The number of pyridine rings is 1. The van der Waals surface area contributed by atoms with Gasteiger partial charge in [-0.1, -0.05) is 0 Å². The van der Waals surface area contributed by atoms with Crippen LogP contribution in [0.25, 0.3) is 10.9 Å². The highest BCUT2D eigenvalue weighted by atomic mass is 16.2. The fourth-order valence-electron chi connectivity index (χ4n) is 3.73. The lowest BCUT2D eigenvalue weighted by atomic mass is 10.0. The molecule has 0 spiro atoms. The van der Waals surface area contributed by atoms with Gasteiger partial charge in [0.05, 0.1) is 11.8 Å². The van der Waals surface area contributed by atoms with Crippen molar-refractivity contribution in [2.75, 3.05) is 25.0 Å². The summed E-state index contributed by atoms with van der Waals surface area (Å²) in [5.74, 6) is 0.810. The lowest BCUT2D eigenvalue weighted by Crippen LogP contribution is -2.46. The minimum atomic E-state index is -0.133. The van der Waals surface area contributed by atoms with E-state index in [9.17, 15) is 9.59 Å². The zero-order valence-corrected chi connectivity index (χ0v) is 15.4. The van der Waals surface area contributed by atoms with Crippen molar-refractivity contribution in [3.05, 3.63) is 53.0 Å². The van der Waals surface area contributed by atoms with Gasteiger partial charge in [-0.15, -0.1) is 0 Å². The van der Waals surface area contributed by atoms with Crippen molar-refractivity contribution in [1.29, 1.82) is 0 Å². The number of nitrogens with zero attached hydrogens (tertiary/aromatic N) is 5. The Balaban J connectivity index is 1.52. The Bertz CT molecular complexity index is 1020. The summed E-state index contributed by atoms with van der Waals surface area (Å²) >= 11 is 0. The smallest absolute Gasteiger partial charge is 0.274 e. The second kappa shape index (κ2) is 6.86. The first-order valence-corrected chi connectivity index (χ1v) is 9.01. The fourth-order valence-corrected chi connectivity index (χ4v) is 3.73. The lowest BCUT2D eigenvalue weighted by Gasteiger charge is -2.37. The van der Waals surface area contributed by atoms with Crippen molar-refractivity contribution in [3.63, 3.8) is 0 Å². The number of fused-ring (bicyclic) bond motifs is 1. The third kappa shape index (κ3) is 3.07. The molecule has 1 amide bonds. The van der Waals surface area contributed by atoms with E-state index in [0.29, 0.717) is 16.5 Å². The lowest BCUT2D eigenvalue weighted by molar-refractivity contribution is 0.0710. The zero-order valence-electron chi connectivity index (χ0n) is 15.4. The first kappa shape index (κ1) is 17.3. The van der Waals surface area contributed by atoms with Crippen LogP contribution in [0, 0.1) is 0 Å². The van der Waals surface area contributed by atoms with Gasteiger partial charge >= 0.3 is 0 Å². The number of aromatic nitrogens is 4.